The van der Waals surface area contributed by atoms with E-state index in [0.717, 1.165) is 19.4 Å². The van der Waals surface area contributed by atoms with E-state index in [1.165, 1.54) is 12.8 Å². The third-order valence-corrected chi connectivity index (χ3v) is 3.78. The average molecular weight is 235 g/mol. The van der Waals surface area contributed by atoms with E-state index in [9.17, 15) is 8.42 Å². The van der Waals surface area contributed by atoms with Gasteiger partial charge in [-0.1, -0.05) is 13.3 Å². The molecule has 5 nitrogen and oxygen atoms in total. The van der Waals surface area contributed by atoms with E-state index in [0.29, 0.717) is 19.1 Å². The van der Waals surface area contributed by atoms with Crippen molar-refractivity contribution in [3.05, 3.63) is 0 Å². The lowest BCUT2D eigenvalue weighted by Gasteiger charge is -2.23. The molecule has 90 valence electrons. The normalized spacial score (nSPS) is 22.9. The first-order chi connectivity index (χ1) is 7.14. The van der Waals surface area contributed by atoms with E-state index in [4.69, 9.17) is 0 Å². The van der Waals surface area contributed by atoms with Crippen LogP contribution >= 0.6 is 0 Å². The fourth-order valence-corrected chi connectivity index (χ4v) is 2.65. The number of hydrogen-bond donors (Lipinski definition) is 3. The maximum atomic E-state index is 11.2. The first-order valence-electron chi connectivity index (χ1n) is 5.61. The summed E-state index contributed by atoms with van der Waals surface area (Å²) in [6.07, 6.45) is 4.50. The van der Waals surface area contributed by atoms with Gasteiger partial charge in [-0.2, -0.15) is 8.42 Å². The van der Waals surface area contributed by atoms with Crippen molar-refractivity contribution in [3.8, 4) is 0 Å². The molecule has 6 heteroatoms. The van der Waals surface area contributed by atoms with Gasteiger partial charge in [0.1, 0.15) is 0 Å². The quantitative estimate of drug-likeness (QED) is 0.605. The highest BCUT2D eigenvalue weighted by Crippen LogP contribution is 2.09. The highest BCUT2D eigenvalue weighted by atomic mass is 32.2. The molecular formula is C9H21N3O2S. The highest BCUT2D eigenvalue weighted by molar-refractivity contribution is 7.87. The Balaban J connectivity index is 2.14. The predicted octanol–water partition coefficient (Wildman–Crippen LogP) is -0.0375. The summed E-state index contributed by atoms with van der Waals surface area (Å²) in [4.78, 5) is 0. The van der Waals surface area contributed by atoms with Crippen LogP contribution in [0.25, 0.3) is 0 Å². The summed E-state index contributed by atoms with van der Waals surface area (Å²) < 4.78 is 27.4. The molecule has 1 unspecified atom stereocenters. The van der Waals surface area contributed by atoms with Crippen molar-refractivity contribution >= 4 is 10.2 Å². The van der Waals surface area contributed by atoms with Crippen molar-refractivity contribution < 1.29 is 8.42 Å². The van der Waals surface area contributed by atoms with Gasteiger partial charge in [-0.15, -0.1) is 0 Å². The first-order valence-corrected chi connectivity index (χ1v) is 7.10. The van der Waals surface area contributed by atoms with E-state index in [-0.39, 0.29) is 0 Å². The van der Waals surface area contributed by atoms with Crippen LogP contribution in [0.1, 0.15) is 32.6 Å². The smallest absolute Gasteiger partial charge is 0.276 e. The number of hydrogen-bond acceptors (Lipinski definition) is 3. The van der Waals surface area contributed by atoms with E-state index in [1.807, 2.05) is 0 Å². The zero-order valence-electron chi connectivity index (χ0n) is 9.25. The minimum Gasteiger partial charge on any atom is -0.314 e. The molecule has 0 aromatic heterocycles. The summed E-state index contributed by atoms with van der Waals surface area (Å²) in [5.41, 5.74) is 0. The van der Waals surface area contributed by atoms with Crippen molar-refractivity contribution in [1.82, 2.24) is 14.8 Å². The Morgan fingerprint density at radius 1 is 1.33 bits per heavy atom. The molecule has 1 rings (SSSR count). The van der Waals surface area contributed by atoms with Crippen molar-refractivity contribution in [2.75, 3.05) is 19.6 Å². The topological polar surface area (TPSA) is 70.2 Å². The van der Waals surface area contributed by atoms with E-state index < -0.39 is 10.2 Å². The molecule has 0 bridgehead atoms. The van der Waals surface area contributed by atoms with Crippen LogP contribution in [0, 0.1) is 0 Å². The van der Waals surface area contributed by atoms with Crippen molar-refractivity contribution in [3.63, 3.8) is 0 Å². The predicted molar refractivity (Wildman–Crippen MR) is 60.9 cm³/mol. The third-order valence-electron chi connectivity index (χ3n) is 2.53. The number of nitrogens with one attached hydrogen (secondary N) is 3. The van der Waals surface area contributed by atoms with Gasteiger partial charge < -0.3 is 5.32 Å². The lowest BCUT2D eigenvalue weighted by molar-refractivity contribution is 0.382. The highest BCUT2D eigenvalue weighted by Gasteiger charge is 2.13. The summed E-state index contributed by atoms with van der Waals surface area (Å²) in [7, 11) is -3.26. The van der Waals surface area contributed by atoms with E-state index in [1.54, 1.807) is 6.92 Å². The molecule has 1 atom stereocenters. The molecule has 15 heavy (non-hydrogen) atoms. The molecule has 0 radical (unpaired) electrons. The standard InChI is InChI=1S/C9H21N3O2S/c1-2-11-15(13,14)12-8-6-9-5-3-4-7-10-9/h9-12H,2-8H2,1H3. The van der Waals surface area contributed by atoms with Crippen molar-refractivity contribution in [1.29, 1.82) is 0 Å². The third kappa shape index (κ3) is 5.46. The van der Waals surface area contributed by atoms with Crippen LogP contribution in [0.2, 0.25) is 0 Å². The van der Waals surface area contributed by atoms with Crippen LogP contribution in [-0.4, -0.2) is 34.1 Å². The van der Waals surface area contributed by atoms with Gasteiger partial charge >= 0.3 is 0 Å². The monoisotopic (exact) mass is 235 g/mol. The van der Waals surface area contributed by atoms with Crippen LogP contribution in [0.5, 0.6) is 0 Å². The SMILES string of the molecule is CCNS(=O)(=O)NCCC1CCCCN1. The molecule has 1 aliphatic heterocycles. The molecule has 1 saturated heterocycles. The minimum atomic E-state index is -3.26. The zero-order chi connectivity index (χ0) is 11.1. The molecule has 0 aliphatic carbocycles. The van der Waals surface area contributed by atoms with Gasteiger partial charge in [0.05, 0.1) is 0 Å². The van der Waals surface area contributed by atoms with Gasteiger partial charge in [0, 0.05) is 19.1 Å². The van der Waals surface area contributed by atoms with Crippen LogP contribution in [0.15, 0.2) is 0 Å². The molecule has 1 heterocycles. The molecule has 0 amide bonds. The Bertz CT molecular complexity index is 261. The molecule has 3 N–H and O–H groups in total. The fraction of sp³-hybridized carbons (Fsp3) is 1.00. The molecule has 0 spiro atoms. The maximum Gasteiger partial charge on any atom is 0.276 e. The van der Waals surface area contributed by atoms with Crippen LogP contribution < -0.4 is 14.8 Å². The molecule has 1 aliphatic rings. The van der Waals surface area contributed by atoms with Crippen molar-refractivity contribution in [2.24, 2.45) is 0 Å². The van der Waals surface area contributed by atoms with Gasteiger partial charge in [-0.05, 0) is 25.8 Å². The average Bonchev–Trinajstić information content (AvgIpc) is 2.19. The van der Waals surface area contributed by atoms with Crippen LogP contribution in [0.4, 0.5) is 0 Å². The Labute approximate surface area is 92.2 Å². The van der Waals surface area contributed by atoms with Gasteiger partial charge in [-0.25, -0.2) is 9.44 Å². The lowest BCUT2D eigenvalue weighted by atomic mass is 10.0. The van der Waals surface area contributed by atoms with E-state index >= 15 is 0 Å². The lowest BCUT2D eigenvalue weighted by Crippen LogP contribution is -2.40. The Kier molecular flexibility index (Phi) is 5.52. The maximum absolute atomic E-state index is 11.2. The number of rotatable bonds is 6. The number of piperidine rings is 1. The summed E-state index contributed by atoms with van der Waals surface area (Å²) in [6, 6.07) is 0.475. The van der Waals surface area contributed by atoms with Gasteiger partial charge in [-0.3, -0.25) is 0 Å². The molecule has 1 fully saturated rings. The second kappa shape index (κ2) is 6.42. The summed E-state index contributed by atoms with van der Waals surface area (Å²) in [6.45, 7) is 3.76. The second-order valence-electron chi connectivity index (χ2n) is 3.83. The molecule has 0 aromatic carbocycles. The molecule has 0 aromatic rings. The molecular weight excluding hydrogens is 214 g/mol. The molecule has 0 saturated carbocycles. The minimum absolute atomic E-state index is 0.428. The summed E-state index contributed by atoms with van der Waals surface area (Å²) >= 11 is 0. The largest absolute Gasteiger partial charge is 0.314 e. The van der Waals surface area contributed by atoms with Gasteiger partial charge in [0.15, 0.2) is 0 Å². The van der Waals surface area contributed by atoms with Crippen LogP contribution in [-0.2, 0) is 10.2 Å². The summed E-state index contributed by atoms with van der Waals surface area (Å²) in [5.74, 6) is 0. The van der Waals surface area contributed by atoms with Gasteiger partial charge in [0.25, 0.3) is 10.2 Å². The second-order valence-corrected chi connectivity index (χ2v) is 5.42. The zero-order valence-corrected chi connectivity index (χ0v) is 10.1. The van der Waals surface area contributed by atoms with Gasteiger partial charge in [0.2, 0.25) is 0 Å². The Morgan fingerprint density at radius 2 is 2.13 bits per heavy atom. The summed E-state index contributed by atoms with van der Waals surface area (Å²) in [5, 5.41) is 3.38. The first kappa shape index (κ1) is 12.9. The Hall–Kier alpha value is -0.170. The van der Waals surface area contributed by atoms with E-state index in [2.05, 4.69) is 14.8 Å². The van der Waals surface area contributed by atoms with Crippen LogP contribution in [0.3, 0.4) is 0 Å². The Morgan fingerprint density at radius 3 is 2.73 bits per heavy atom. The van der Waals surface area contributed by atoms with Crippen molar-refractivity contribution in [2.45, 2.75) is 38.6 Å². The fourth-order valence-electron chi connectivity index (χ4n) is 1.78.